The molecule has 0 aliphatic carbocycles. The minimum Gasteiger partial charge on any atom is -0.480 e. The average molecular weight is 283 g/mol. The van der Waals surface area contributed by atoms with Gasteiger partial charge in [-0.15, -0.1) is 0 Å². The molecule has 6 heteroatoms. The van der Waals surface area contributed by atoms with Crippen LogP contribution in [0.25, 0.3) is 0 Å². The number of aliphatic carboxylic acids is 1. The van der Waals surface area contributed by atoms with E-state index in [9.17, 15) is 13.8 Å². The van der Waals surface area contributed by atoms with Crippen molar-refractivity contribution in [2.45, 2.75) is 26.0 Å². The van der Waals surface area contributed by atoms with Gasteiger partial charge in [-0.1, -0.05) is 12.1 Å². The summed E-state index contributed by atoms with van der Waals surface area (Å²) in [7, 11) is -1.72. The summed E-state index contributed by atoms with van der Waals surface area (Å²) in [5, 5.41) is 10.3. The summed E-state index contributed by atoms with van der Waals surface area (Å²) in [6, 6.07) is 5.62. The molecule has 0 radical (unpaired) electrons. The molecule has 0 spiro atoms. The van der Waals surface area contributed by atoms with Gasteiger partial charge in [0.1, 0.15) is 11.0 Å². The molecule has 0 aliphatic heterocycles. The van der Waals surface area contributed by atoms with Crippen LogP contribution < -0.4 is 5.32 Å². The second kappa shape index (κ2) is 6.47. The number of benzene rings is 1. The lowest BCUT2D eigenvalue weighted by atomic mass is 10.1. The topological polar surface area (TPSA) is 83.5 Å². The highest BCUT2D eigenvalue weighted by Gasteiger charge is 2.21. The van der Waals surface area contributed by atoms with Crippen molar-refractivity contribution < 1.29 is 18.9 Å². The summed E-state index contributed by atoms with van der Waals surface area (Å²) in [5.74, 6) is -1.93. The third kappa shape index (κ3) is 4.48. The Morgan fingerprint density at radius 1 is 1.37 bits per heavy atom. The smallest absolute Gasteiger partial charge is 0.318 e. The Balaban J connectivity index is 2.68. The molecule has 1 aromatic carbocycles. The van der Waals surface area contributed by atoms with E-state index in [1.807, 2.05) is 32.0 Å². The molecule has 5 nitrogen and oxygen atoms in total. The number of aryl methyl sites for hydroxylation is 2. The summed E-state index contributed by atoms with van der Waals surface area (Å²) in [4.78, 5) is 22.4. The number of hydrogen-bond acceptors (Lipinski definition) is 3. The zero-order valence-electron chi connectivity index (χ0n) is 11.1. The number of carboxylic acids is 1. The molecule has 0 aliphatic rings. The minimum absolute atomic E-state index is 0.319. The van der Waals surface area contributed by atoms with Gasteiger partial charge in [0.25, 0.3) is 0 Å². The highest BCUT2D eigenvalue weighted by molar-refractivity contribution is 7.87. The fourth-order valence-corrected chi connectivity index (χ4v) is 2.23. The average Bonchev–Trinajstić information content (AvgIpc) is 2.32. The maximum atomic E-state index is 11.7. The van der Waals surface area contributed by atoms with Gasteiger partial charge in [-0.3, -0.25) is 13.8 Å². The quantitative estimate of drug-likeness (QED) is 0.857. The van der Waals surface area contributed by atoms with Crippen LogP contribution in [0.2, 0.25) is 0 Å². The van der Waals surface area contributed by atoms with E-state index >= 15 is 0 Å². The standard InChI is InChI=1S/C13H17NO4S/c1-8-4-5-9(2)11(6-8)14-12(15)7-19(18)10(3)13(16)17/h4-6,10H,7H2,1-3H3,(H,14,15)(H,16,17). The number of hydrogen-bond donors (Lipinski definition) is 2. The van der Waals surface area contributed by atoms with Crippen molar-refractivity contribution in [3.63, 3.8) is 0 Å². The molecule has 0 heterocycles. The van der Waals surface area contributed by atoms with Crippen LogP contribution in [-0.2, 0) is 20.4 Å². The summed E-state index contributed by atoms with van der Waals surface area (Å²) >= 11 is 0. The molecule has 0 aromatic heterocycles. The van der Waals surface area contributed by atoms with E-state index in [1.54, 1.807) is 0 Å². The van der Waals surface area contributed by atoms with Crippen LogP contribution in [0.1, 0.15) is 18.1 Å². The molecule has 1 rings (SSSR count). The zero-order valence-corrected chi connectivity index (χ0v) is 11.9. The van der Waals surface area contributed by atoms with Crippen molar-refractivity contribution in [2.75, 3.05) is 11.1 Å². The van der Waals surface area contributed by atoms with Gasteiger partial charge >= 0.3 is 5.97 Å². The van der Waals surface area contributed by atoms with Gasteiger partial charge in [-0.05, 0) is 38.0 Å². The first-order chi connectivity index (χ1) is 8.81. The molecule has 0 saturated carbocycles. The lowest BCUT2D eigenvalue weighted by Gasteiger charge is -2.10. The lowest BCUT2D eigenvalue weighted by Crippen LogP contribution is -2.29. The third-order valence-electron chi connectivity index (χ3n) is 2.68. The molecule has 1 amide bonds. The fourth-order valence-electron chi connectivity index (χ4n) is 1.42. The van der Waals surface area contributed by atoms with E-state index in [2.05, 4.69) is 5.32 Å². The molecule has 0 fully saturated rings. The second-order valence-electron chi connectivity index (χ2n) is 4.37. The summed E-state index contributed by atoms with van der Waals surface area (Å²) in [5.41, 5.74) is 2.56. The van der Waals surface area contributed by atoms with Crippen molar-refractivity contribution in [1.29, 1.82) is 0 Å². The molecular formula is C13H17NO4S. The van der Waals surface area contributed by atoms with Crippen LogP contribution >= 0.6 is 0 Å². The van der Waals surface area contributed by atoms with E-state index in [0.29, 0.717) is 5.69 Å². The van der Waals surface area contributed by atoms with Crippen LogP contribution in [0, 0.1) is 13.8 Å². The van der Waals surface area contributed by atoms with Gasteiger partial charge in [-0.2, -0.15) is 0 Å². The summed E-state index contributed by atoms with van der Waals surface area (Å²) < 4.78 is 11.6. The Kier molecular flexibility index (Phi) is 5.23. The largest absolute Gasteiger partial charge is 0.480 e. The molecule has 0 bridgehead atoms. The number of carboxylic acid groups (broad SMARTS) is 1. The van der Waals surface area contributed by atoms with Crippen molar-refractivity contribution in [1.82, 2.24) is 0 Å². The fraction of sp³-hybridized carbons (Fsp3) is 0.385. The van der Waals surface area contributed by atoms with Crippen LogP contribution in [0.5, 0.6) is 0 Å². The Morgan fingerprint density at radius 3 is 2.58 bits per heavy atom. The van der Waals surface area contributed by atoms with E-state index in [-0.39, 0.29) is 5.75 Å². The minimum atomic E-state index is -1.72. The third-order valence-corrected chi connectivity index (χ3v) is 4.22. The summed E-state index contributed by atoms with van der Waals surface area (Å²) in [6.07, 6.45) is 0. The van der Waals surface area contributed by atoms with Gasteiger partial charge in [0.05, 0.1) is 0 Å². The SMILES string of the molecule is Cc1ccc(C)c(NC(=O)CS(=O)C(C)C(=O)O)c1. The first-order valence-corrected chi connectivity index (χ1v) is 7.16. The number of amides is 1. The number of nitrogens with one attached hydrogen (secondary N) is 1. The van der Waals surface area contributed by atoms with E-state index < -0.39 is 27.9 Å². The van der Waals surface area contributed by atoms with Gasteiger partial charge in [0, 0.05) is 16.5 Å². The molecule has 1 aromatic rings. The summed E-state index contributed by atoms with van der Waals surface area (Å²) in [6.45, 7) is 5.08. The van der Waals surface area contributed by atoms with Crippen molar-refractivity contribution in [2.24, 2.45) is 0 Å². The Morgan fingerprint density at radius 2 is 2.00 bits per heavy atom. The second-order valence-corrected chi connectivity index (χ2v) is 6.13. The van der Waals surface area contributed by atoms with Gasteiger partial charge in [0.15, 0.2) is 0 Å². The molecular weight excluding hydrogens is 266 g/mol. The van der Waals surface area contributed by atoms with Crippen LogP contribution in [0.3, 0.4) is 0 Å². The predicted molar refractivity (Wildman–Crippen MR) is 74.7 cm³/mol. The molecule has 19 heavy (non-hydrogen) atoms. The zero-order chi connectivity index (χ0) is 14.6. The molecule has 2 N–H and O–H groups in total. The Hall–Kier alpha value is -1.69. The molecule has 2 unspecified atom stereocenters. The van der Waals surface area contributed by atoms with E-state index in [4.69, 9.17) is 5.11 Å². The van der Waals surface area contributed by atoms with Crippen molar-refractivity contribution in [3.8, 4) is 0 Å². The highest BCUT2D eigenvalue weighted by atomic mass is 32.2. The number of carbonyl (C=O) groups excluding carboxylic acids is 1. The van der Waals surface area contributed by atoms with Gasteiger partial charge in [-0.25, -0.2) is 0 Å². The first kappa shape index (κ1) is 15.4. The van der Waals surface area contributed by atoms with Crippen LogP contribution in [0.15, 0.2) is 18.2 Å². The number of rotatable bonds is 5. The molecule has 104 valence electrons. The van der Waals surface area contributed by atoms with Crippen LogP contribution in [-0.4, -0.2) is 32.2 Å². The van der Waals surface area contributed by atoms with Gasteiger partial charge < -0.3 is 10.4 Å². The monoisotopic (exact) mass is 283 g/mol. The Labute approximate surface area is 114 Å². The lowest BCUT2D eigenvalue weighted by molar-refractivity contribution is -0.136. The molecule has 2 atom stereocenters. The maximum absolute atomic E-state index is 11.7. The van der Waals surface area contributed by atoms with Crippen molar-refractivity contribution >= 4 is 28.4 Å². The van der Waals surface area contributed by atoms with E-state index in [1.165, 1.54) is 6.92 Å². The molecule has 0 saturated heterocycles. The maximum Gasteiger partial charge on any atom is 0.318 e. The van der Waals surface area contributed by atoms with Gasteiger partial charge in [0.2, 0.25) is 5.91 Å². The number of carbonyl (C=O) groups is 2. The van der Waals surface area contributed by atoms with Crippen LogP contribution in [0.4, 0.5) is 5.69 Å². The normalized spacial score (nSPS) is 13.6. The highest BCUT2D eigenvalue weighted by Crippen LogP contribution is 2.16. The van der Waals surface area contributed by atoms with Crippen molar-refractivity contribution in [3.05, 3.63) is 29.3 Å². The first-order valence-electron chi connectivity index (χ1n) is 5.78. The van der Waals surface area contributed by atoms with E-state index in [0.717, 1.165) is 11.1 Å². The Bertz CT molecular complexity index is 527. The number of anilines is 1. The predicted octanol–water partition coefficient (Wildman–Crippen LogP) is 1.46.